The molecular weight excluding hydrogens is 356 g/mol. The van der Waals surface area contributed by atoms with Crippen LogP contribution in [-0.2, 0) is 17.7 Å². The third-order valence-corrected chi connectivity index (χ3v) is 5.96. The summed E-state index contributed by atoms with van der Waals surface area (Å²) in [5.74, 6) is 3.92. The number of fused-ring (bicyclic) bond motifs is 2. The molecule has 1 atom stereocenters. The molecular formula is C21H25N4O3+. The summed E-state index contributed by atoms with van der Waals surface area (Å²) < 4.78 is 21.0. The zero-order valence-corrected chi connectivity index (χ0v) is 16.6. The first-order valence-corrected chi connectivity index (χ1v) is 9.76. The van der Waals surface area contributed by atoms with Gasteiger partial charge in [-0.3, -0.25) is 9.14 Å². The van der Waals surface area contributed by atoms with E-state index in [0.29, 0.717) is 5.92 Å². The van der Waals surface area contributed by atoms with Crippen molar-refractivity contribution in [1.29, 1.82) is 0 Å². The van der Waals surface area contributed by atoms with Crippen LogP contribution >= 0.6 is 0 Å². The van der Waals surface area contributed by atoms with Crippen molar-refractivity contribution in [3.05, 3.63) is 40.5 Å². The number of rotatable bonds is 3. The molecule has 0 radical (unpaired) electrons. The smallest absolute Gasteiger partial charge is 0.346 e. The number of amidine groups is 1. The van der Waals surface area contributed by atoms with E-state index in [2.05, 4.69) is 21.3 Å². The highest BCUT2D eigenvalue weighted by atomic mass is 16.5. The maximum Gasteiger partial charge on any atom is 0.346 e. The van der Waals surface area contributed by atoms with E-state index in [4.69, 9.17) is 24.2 Å². The molecule has 7 nitrogen and oxygen atoms in total. The molecule has 1 aromatic carbocycles. The summed E-state index contributed by atoms with van der Waals surface area (Å²) >= 11 is 0. The highest BCUT2D eigenvalue weighted by Gasteiger charge is 2.37. The predicted octanol–water partition coefficient (Wildman–Crippen LogP) is 2.12. The lowest BCUT2D eigenvalue weighted by atomic mass is 9.99. The predicted molar refractivity (Wildman–Crippen MR) is 105 cm³/mol. The Morgan fingerprint density at radius 3 is 2.68 bits per heavy atom. The highest BCUT2D eigenvalue weighted by Crippen LogP contribution is 2.34. The Labute approximate surface area is 164 Å². The van der Waals surface area contributed by atoms with Crippen LogP contribution < -0.4 is 9.47 Å². The maximum atomic E-state index is 5.62. The standard InChI is InChI=1S/C21H25N4O3/c1-13-23-19(15-5-7-28-11-15)20-21(22-12-25(13)20)24-6-4-14-8-17(26-2)18(27-3)9-16(14)10-24/h8-9,12,15H,4-7,10-11H2,1-3H3/q+1. The molecule has 4 heterocycles. The molecule has 0 amide bonds. The summed E-state index contributed by atoms with van der Waals surface area (Å²) in [6.45, 7) is 5.31. The lowest BCUT2D eigenvalue weighted by molar-refractivity contribution is -0.547. The van der Waals surface area contributed by atoms with Crippen molar-refractivity contribution in [1.82, 2.24) is 9.55 Å². The van der Waals surface area contributed by atoms with Crippen LogP contribution in [0.4, 0.5) is 0 Å². The maximum absolute atomic E-state index is 5.62. The van der Waals surface area contributed by atoms with Crippen molar-refractivity contribution in [2.24, 2.45) is 4.99 Å². The molecule has 5 rings (SSSR count). The number of imidazole rings is 1. The lowest BCUT2D eigenvalue weighted by Gasteiger charge is -2.20. The minimum atomic E-state index is 0.355. The van der Waals surface area contributed by atoms with Gasteiger partial charge in [0.15, 0.2) is 17.2 Å². The first-order valence-electron chi connectivity index (χ1n) is 9.76. The van der Waals surface area contributed by atoms with Crippen LogP contribution in [0.25, 0.3) is 0 Å². The van der Waals surface area contributed by atoms with E-state index in [0.717, 1.165) is 73.7 Å². The SMILES string of the molecule is COc1cc2c(cc1OC)C[N+](=C1N=Cn3c(C)nc(C4CCOC4)c31)CC2. The van der Waals surface area contributed by atoms with Crippen LogP contribution in [0.15, 0.2) is 17.1 Å². The second-order valence-corrected chi connectivity index (χ2v) is 7.54. The fourth-order valence-corrected chi connectivity index (χ4v) is 4.43. The number of ether oxygens (including phenoxy) is 3. The van der Waals surface area contributed by atoms with Crippen LogP contribution in [0.3, 0.4) is 0 Å². The molecule has 1 fully saturated rings. The van der Waals surface area contributed by atoms with E-state index in [1.54, 1.807) is 14.2 Å². The molecule has 0 aliphatic carbocycles. The van der Waals surface area contributed by atoms with Gasteiger partial charge in [-0.2, -0.15) is 0 Å². The summed E-state index contributed by atoms with van der Waals surface area (Å²) in [6.07, 6.45) is 3.87. The van der Waals surface area contributed by atoms with E-state index in [1.165, 1.54) is 11.1 Å². The second-order valence-electron chi connectivity index (χ2n) is 7.54. The Balaban J connectivity index is 1.56. The molecule has 0 bridgehead atoms. The average Bonchev–Trinajstić information content (AvgIpc) is 3.45. The molecule has 3 aliphatic heterocycles. The van der Waals surface area contributed by atoms with Gasteiger partial charge in [-0.25, -0.2) is 4.98 Å². The topological polar surface area (TPSA) is 60.9 Å². The van der Waals surface area contributed by atoms with Gasteiger partial charge in [-0.15, -0.1) is 0 Å². The van der Waals surface area contributed by atoms with Crippen LogP contribution in [0.1, 0.15) is 40.7 Å². The summed E-state index contributed by atoms with van der Waals surface area (Å²) in [5, 5.41) is 0. The van der Waals surface area contributed by atoms with Gasteiger partial charge in [-0.1, -0.05) is 0 Å². The third kappa shape index (κ3) is 2.64. The monoisotopic (exact) mass is 381 g/mol. The van der Waals surface area contributed by atoms with Gasteiger partial charge in [0.05, 0.1) is 33.1 Å². The van der Waals surface area contributed by atoms with Crippen LogP contribution in [-0.4, -0.2) is 60.3 Å². The van der Waals surface area contributed by atoms with Crippen molar-refractivity contribution in [3.63, 3.8) is 0 Å². The van der Waals surface area contributed by atoms with Crippen molar-refractivity contribution in [2.75, 3.05) is 34.0 Å². The van der Waals surface area contributed by atoms with E-state index in [9.17, 15) is 0 Å². The number of methoxy groups -OCH3 is 2. The van der Waals surface area contributed by atoms with Crippen LogP contribution in [0, 0.1) is 6.92 Å². The van der Waals surface area contributed by atoms with Gasteiger partial charge in [0, 0.05) is 24.5 Å². The number of aliphatic imine (C=N–C) groups is 1. The van der Waals surface area contributed by atoms with Gasteiger partial charge in [-0.05, 0) is 36.0 Å². The van der Waals surface area contributed by atoms with Gasteiger partial charge in [0.25, 0.3) is 0 Å². The molecule has 1 aromatic heterocycles. The van der Waals surface area contributed by atoms with Crippen molar-refractivity contribution in [3.8, 4) is 11.5 Å². The largest absolute Gasteiger partial charge is 0.493 e. The Morgan fingerprint density at radius 2 is 1.96 bits per heavy atom. The first-order chi connectivity index (χ1) is 13.7. The number of hydrogen-bond donors (Lipinski definition) is 0. The molecule has 0 spiro atoms. The minimum Gasteiger partial charge on any atom is -0.493 e. The zero-order valence-electron chi connectivity index (χ0n) is 16.6. The third-order valence-electron chi connectivity index (χ3n) is 5.96. The van der Waals surface area contributed by atoms with E-state index >= 15 is 0 Å². The van der Waals surface area contributed by atoms with E-state index in [-0.39, 0.29) is 0 Å². The van der Waals surface area contributed by atoms with Crippen molar-refractivity contribution >= 4 is 12.2 Å². The van der Waals surface area contributed by atoms with Crippen molar-refractivity contribution < 1.29 is 18.8 Å². The number of aryl methyl sites for hydroxylation is 1. The number of hydrogen-bond acceptors (Lipinski definition) is 4. The van der Waals surface area contributed by atoms with Crippen LogP contribution in [0.2, 0.25) is 0 Å². The Hall–Kier alpha value is -2.67. The molecule has 1 unspecified atom stereocenters. The Kier molecular flexibility index (Phi) is 4.19. The van der Waals surface area contributed by atoms with Crippen LogP contribution in [0.5, 0.6) is 11.5 Å². The fourth-order valence-electron chi connectivity index (χ4n) is 4.43. The molecule has 1 saturated heterocycles. The summed E-state index contributed by atoms with van der Waals surface area (Å²) in [6, 6.07) is 4.19. The Morgan fingerprint density at radius 1 is 1.18 bits per heavy atom. The summed E-state index contributed by atoms with van der Waals surface area (Å²) in [4.78, 5) is 9.63. The summed E-state index contributed by atoms with van der Waals surface area (Å²) in [7, 11) is 3.36. The normalized spacial score (nSPS) is 23.0. The number of benzene rings is 1. The van der Waals surface area contributed by atoms with Gasteiger partial charge < -0.3 is 14.2 Å². The molecule has 28 heavy (non-hydrogen) atoms. The molecule has 0 saturated carbocycles. The number of aromatic nitrogens is 2. The molecule has 0 N–H and O–H groups in total. The zero-order chi connectivity index (χ0) is 19.3. The minimum absolute atomic E-state index is 0.355. The molecule has 2 aromatic rings. The highest BCUT2D eigenvalue weighted by molar-refractivity contribution is 6.05. The summed E-state index contributed by atoms with van der Waals surface area (Å²) in [5.41, 5.74) is 4.83. The lowest BCUT2D eigenvalue weighted by Crippen LogP contribution is -2.28. The van der Waals surface area contributed by atoms with Crippen molar-refractivity contribution in [2.45, 2.75) is 32.2 Å². The first kappa shape index (κ1) is 17.4. The number of nitrogens with zero attached hydrogens (tertiary/aromatic N) is 4. The fraction of sp³-hybridized carbons (Fsp3) is 0.476. The molecule has 146 valence electrons. The molecule has 3 aliphatic rings. The van der Waals surface area contributed by atoms with Gasteiger partial charge >= 0.3 is 5.84 Å². The second kappa shape index (κ2) is 6.74. The van der Waals surface area contributed by atoms with Gasteiger partial charge in [0.1, 0.15) is 12.4 Å². The quantitative estimate of drug-likeness (QED) is 0.764. The van der Waals surface area contributed by atoms with Gasteiger partial charge in [0.2, 0.25) is 6.34 Å². The van der Waals surface area contributed by atoms with E-state index < -0.39 is 0 Å². The average molecular weight is 381 g/mol. The Bertz CT molecular complexity index is 1000. The van der Waals surface area contributed by atoms with E-state index in [1.807, 2.05) is 13.3 Å². The molecule has 7 heteroatoms.